The first-order valence-corrected chi connectivity index (χ1v) is 13.7. The van der Waals surface area contributed by atoms with Crippen molar-refractivity contribution in [1.29, 1.82) is 0 Å². The molecule has 0 aliphatic rings. The molecule has 0 aliphatic heterocycles. The second kappa shape index (κ2) is 9.44. The summed E-state index contributed by atoms with van der Waals surface area (Å²) in [7, 11) is 0. The van der Waals surface area contributed by atoms with E-state index in [1.807, 2.05) is 0 Å². The third-order valence-corrected chi connectivity index (χ3v) is 7.87. The third kappa shape index (κ3) is 3.65. The fourth-order valence-corrected chi connectivity index (χ4v) is 6.01. The van der Waals surface area contributed by atoms with Crippen molar-refractivity contribution >= 4 is 54.3 Å². The van der Waals surface area contributed by atoms with Crippen molar-refractivity contribution in [1.82, 2.24) is 0 Å². The van der Waals surface area contributed by atoms with Crippen LogP contribution in [0.5, 0.6) is 0 Å². The van der Waals surface area contributed by atoms with Gasteiger partial charge in [-0.05, 0) is 72.4 Å². The molecule has 43 heavy (non-hydrogen) atoms. The predicted octanol–water partition coefficient (Wildman–Crippen LogP) is 12.0. The minimum atomic E-state index is -0.580. The second-order valence-corrected chi connectivity index (χ2v) is 10.2. The van der Waals surface area contributed by atoms with Crippen molar-refractivity contribution in [2.24, 2.45) is 0 Å². The first-order valence-electron chi connectivity index (χ1n) is 20.2. The van der Waals surface area contributed by atoms with Gasteiger partial charge in [0.15, 0.2) is 0 Å². The fraction of sp³-hybridized carbons (Fsp3) is 0. The maximum Gasteiger partial charge on any atom is 0.143 e. The molecule has 0 aliphatic carbocycles. The molecule has 9 rings (SSSR count). The van der Waals surface area contributed by atoms with E-state index in [4.69, 9.17) is 16.8 Å². The monoisotopic (exact) mass is 559 g/mol. The van der Waals surface area contributed by atoms with E-state index < -0.39 is 48.3 Å². The van der Waals surface area contributed by atoms with E-state index in [0.29, 0.717) is 38.2 Å². The van der Waals surface area contributed by atoms with E-state index in [1.54, 1.807) is 78.9 Å². The Bertz CT molecular complexity index is 3140. The van der Waals surface area contributed by atoms with Crippen LogP contribution in [0.3, 0.4) is 0 Å². The smallest absolute Gasteiger partial charge is 0.143 e. The number of hydrogen-bond acceptors (Lipinski definition) is 1. The van der Waals surface area contributed by atoms with Gasteiger partial charge in [-0.3, -0.25) is 0 Å². The van der Waals surface area contributed by atoms with Crippen molar-refractivity contribution in [3.05, 3.63) is 157 Å². The average molecular weight is 560 g/mol. The van der Waals surface area contributed by atoms with Gasteiger partial charge in [0.05, 0.1) is 17.8 Å². The molecule has 0 spiro atoms. The van der Waals surface area contributed by atoms with Crippen molar-refractivity contribution in [2.45, 2.75) is 0 Å². The molecule has 0 N–H and O–H groups in total. The lowest BCUT2D eigenvalue weighted by Crippen LogP contribution is -1.91. The molecule has 0 bridgehead atoms. The molecular weight excluding hydrogens is 520 g/mol. The molecule has 0 unspecified atom stereocenters. The standard InChI is InChI=1S/C42H26O/c1-2-11-27(12-3-1)28-21-23-30(24-22-28)39-32-15-6-8-17-34(32)40(35-18-9-7-16-33(35)39)36-19-10-20-38-41(36)37-26-25-29-13-4-5-14-31(29)42(37)43-38/h1-26H/i4D,5D,10D,13D,14D,19D,20D,21D,22D,23D,24D,25D,26D. The van der Waals surface area contributed by atoms with Crippen LogP contribution in [0.4, 0.5) is 0 Å². The maximum atomic E-state index is 9.40. The molecule has 0 amide bonds. The Labute approximate surface area is 267 Å². The van der Waals surface area contributed by atoms with Crippen LogP contribution in [0.2, 0.25) is 0 Å². The van der Waals surface area contributed by atoms with E-state index in [2.05, 4.69) is 0 Å². The topological polar surface area (TPSA) is 13.1 Å². The van der Waals surface area contributed by atoms with Crippen molar-refractivity contribution in [2.75, 3.05) is 0 Å². The van der Waals surface area contributed by atoms with Crippen LogP contribution in [0.25, 0.3) is 87.6 Å². The lowest BCUT2D eigenvalue weighted by molar-refractivity contribution is 0.673. The summed E-state index contributed by atoms with van der Waals surface area (Å²) in [4.78, 5) is 0. The van der Waals surface area contributed by atoms with Crippen LogP contribution < -0.4 is 0 Å². The highest BCUT2D eigenvalue weighted by atomic mass is 16.3. The SMILES string of the molecule is [2H]c1c([2H])c(-c2c3ccccc3c(-c3c([2H])c([2H])c([2H])c4oc5c6c([2H])c([2H])c([2H])c([2H])c6c([2H])c([2H])c5c34)c3ccccc23)c([2H])c([2H])c1-c1ccccc1. The Morgan fingerprint density at radius 2 is 1.05 bits per heavy atom. The van der Waals surface area contributed by atoms with E-state index in [0.717, 1.165) is 0 Å². The summed E-state index contributed by atoms with van der Waals surface area (Å²) in [5.74, 6) is 0. The number of fused-ring (bicyclic) bond motifs is 7. The Hall–Kier alpha value is -5.66. The van der Waals surface area contributed by atoms with Gasteiger partial charge in [0.1, 0.15) is 11.2 Å². The first-order chi connectivity index (χ1) is 26.8. The van der Waals surface area contributed by atoms with Crippen LogP contribution in [-0.2, 0) is 0 Å². The summed E-state index contributed by atoms with van der Waals surface area (Å²) in [6.07, 6.45) is 0. The van der Waals surface area contributed by atoms with Crippen molar-refractivity contribution in [3.8, 4) is 33.4 Å². The van der Waals surface area contributed by atoms with E-state index in [-0.39, 0.29) is 79.6 Å². The molecule has 0 radical (unpaired) electrons. The molecule has 1 nitrogen and oxygen atoms in total. The first kappa shape index (κ1) is 14.5. The molecule has 1 heterocycles. The number of rotatable bonds is 3. The van der Waals surface area contributed by atoms with Gasteiger partial charge in [-0.1, -0.05) is 145 Å². The molecule has 1 aromatic heterocycles. The van der Waals surface area contributed by atoms with Crippen LogP contribution in [0.1, 0.15) is 17.8 Å². The van der Waals surface area contributed by atoms with Gasteiger partial charge >= 0.3 is 0 Å². The molecule has 0 saturated heterocycles. The second-order valence-electron chi connectivity index (χ2n) is 10.2. The average Bonchev–Trinajstić information content (AvgIpc) is 3.60. The highest BCUT2D eigenvalue weighted by molar-refractivity contribution is 6.27. The Kier molecular flexibility index (Phi) is 3.18. The normalized spacial score (nSPS) is 16.0. The lowest BCUT2D eigenvalue weighted by atomic mass is 9.84. The minimum absolute atomic E-state index is 0.0483. The maximum absolute atomic E-state index is 9.40. The van der Waals surface area contributed by atoms with Gasteiger partial charge in [-0.2, -0.15) is 0 Å². The summed E-state index contributed by atoms with van der Waals surface area (Å²) in [6.45, 7) is 0. The molecule has 0 saturated carbocycles. The summed E-state index contributed by atoms with van der Waals surface area (Å²) in [5, 5.41) is 1.62. The quantitative estimate of drug-likeness (QED) is 0.196. The number of furan rings is 1. The van der Waals surface area contributed by atoms with Gasteiger partial charge < -0.3 is 4.42 Å². The molecular formula is C42H26O. The zero-order chi connectivity index (χ0) is 39.6. The fourth-order valence-electron chi connectivity index (χ4n) is 6.01. The third-order valence-electron chi connectivity index (χ3n) is 7.87. The molecule has 0 fully saturated rings. The predicted molar refractivity (Wildman–Crippen MR) is 183 cm³/mol. The molecule has 200 valence electrons. The largest absolute Gasteiger partial charge is 0.455 e. The molecule has 8 aromatic carbocycles. The number of hydrogen-bond donors (Lipinski definition) is 0. The van der Waals surface area contributed by atoms with Crippen molar-refractivity contribution in [3.63, 3.8) is 0 Å². The van der Waals surface area contributed by atoms with Crippen LogP contribution in [0.15, 0.2) is 162 Å². The van der Waals surface area contributed by atoms with E-state index in [1.165, 1.54) is 0 Å². The molecule has 9 aromatic rings. The van der Waals surface area contributed by atoms with Gasteiger partial charge in [0.2, 0.25) is 0 Å². The highest BCUT2D eigenvalue weighted by Gasteiger charge is 2.20. The molecule has 1 heteroatoms. The van der Waals surface area contributed by atoms with Crippen LogP contribution in [0, 0.1) is 0 Å². The molecule has 0 atom stereocenters. The highest BCUT2D eigenvalue weighted by Crippen LogP contribution is 2.47. The van der Waals surface area contributed by atoms with Crippen LogP contribution in [-0.4, -0.2) is 0 Å². The van der Waals surface area contributed by atoms with Gasteiger partial charge in [-0.15, -0.1) is 0 Å². The summed E-state index contributed by atoms with van der Waals surface area (Å²) >= 11 is 0. The minimum Gasteiger partial charge on any atom is -0.455 e. The van der Waals surface area contributed by atoms with Gasteiger partial charge in [0, 0.05) is 16.2 Å². The summed E-state index contributed by atoms with van der Waals surface area (Å²) in [5.41, 5.74) is 1.30. The number of benzene rings is 8. The van der Waals surface area contributed by atoms with E-state index >= 15 is 0 Å². The van der Waals surface area contributed by atoms with E-state index in [9.17, 15) is 5.48 Å². The zero-order valence-corrected chi connectivity index (χ0v) is 22.4. The Balaban J connectivity index is 1.49. The zero-order valence-electron chi connectivity index (χ0n) is 35.4. The van der Waals surface area contributed by atoms with Crippen LogP contribution >= 0.6 is 0 Å². The summed E-state index contributed by atoms with van der Waals surface area (Å²) in [6, 6.07) is 17.5. The van der Waals surface area contributed by atoms with Gasteiger partial charge in [-0.25, -0.2) is 0 Å². The van der Waals surface area contributed by atoms with Crippen molar-refractivity contribution < 1.29 is 22.2 Å². The Morgan fingerprint density at radius 1 is 0.419 bits per heavy atom. The summed E-state index contributed by atoms with van der Waals surface area (Å²) < 4.78 is 122. The Morgan fingerprint density at radius 3 is 1.77 bits per heavy atom. The lowest BCUT2D eigenvalue weighted by Gasteiger charge is -2.18. The van der Waals surface area contributed by atoms with Gasteiger partial charge in [0.25, 0.3) is 0 Å².